The number of nitriles is 1. The van der Waals surface area contributed by atoms with Crippen molar-refractivity contribution >= 4 is 17.3 Å². The number of hydrogen-bond acceptors (Lipinski definition) is 6. The van der Waals surface area contributed by atoms with Gasteiger partial charge in [-0.1, -0.05) is 0 Å². The van der Waals surface area contributed by atoms with Crippen LogP contribution in [0, 0.1) is 21.4 Å². The van der Waals surface area contributed by atoms with E-state index in [0.29, 0.717) is 0 Å². The van der Waals surface area contributed by atoms with Gasteiger partial charge in [-0.25, -0.2) is 4.79 Å². The summed E-state index contributed by atoms with van der Waals surface area (Å²) in [6, 6.07) is 5.66. The number of methoxy groups -OCH3 is 1. The molecular formula is C11H11N3O5. The number of anilines is 1. The second-order valence-corrected chi connectivity index (χ2v) is 3.54. The first-order valence-electron chi connectivity index (χ1n) is 5.17. The molecule has 0 bridgehead atoms. The van der Waals surface area contributed by atoms with Gasteiger partial charge in [-0.15, -0.1) is 0 Å². The summed E-state index contributed by atoms with van der Waals surface area (Å²) in [6.45, 7) is -0.126. The summed E-state index contributed by atoms with van der Waals surface area (Å²) < 4.78 is 4.69. The molecule has 19 heavy (non-hydrogen) atoms. The Morgan fingerprint density at radius 1 is 1.68 bits per heavy atom. The minimum Gasteiger partial charge on any atom is -0.479 e. The summed E-state index contributed by atoms with van der Waals surface area (Å²) in [5.41, 5.74) is -0.00892. The van der Waals surface area contributed by atoms with Crippen LogP contribution in [0.4, 0.5) is 11.4 Å². The van der Waals surface area contributed by atoms with Gasteiger partial charge in [0.15, 0.2) is 6.10 Å². The molecule has 0 saturated heterocycles. The van der Waals surface area contributed by atoms with Crippen LogP contribution in [0.2, 0.25) is 0 Å². The third kappa shape index (κ3) is 3.65. The number of ether oxygens (including phenoxy) is 1. The van der Waals surface area contributed by atoms with Gasteiger partial charge in [0.2, 0.25) is 0 Å². The summed E-state index contributed by atoms with van der Waals surface area (Å²) >= 11 is 0. The van der Waals surface area contributed by atoms with Crippen LogP contribution in [-0.2, 0) is 9.53 Å². The van der Waals surface area contributed by atoms with Crippen molar-refractivity contribution in [1.29, 1.82) is 5.26 Å². The van der Waals surface area contributed by atoms with Crippen LogP contribution in [0.1, 0.15) is 5.56 Å². The summed E-state index contributed by atoms with van der Waals surface area (Å²) in [5, 5.41) is 30.9. The molecule has 8 nitrogen and oxygen atoms in total. The van der Waals surface area contributed by atoms with Gasteiger partial charge in [-0.3, -0.25) is 10.1 Å². The molecule has 0 spiro atoms. The SMILES string of the molecule is COC(CNc1ccc(C#N)cc1[N+](=O)[O-])C(=O)O. The topological polar surface area (TPSA) is 125 Å². The second-order valence-electron chi connectivity index (χ2n) is 3.54. The van der Waals surface area contributed by atoms with Crippen LogP contribution < -0.4 is 5.32 Å². The van der Waals surface area contributed by atoms with Crippen LogP contribution in [0.5, 0.6) is 0 Å². The first-order chi connectivity index (χ1) is 8.99. The fraction of sp³-hybridized carbons (Fsp3) is 0.273. The van der Waals surface area contributed by atoms with Crippen molar-refractivity contribution in [2.45, 2.75) is 6.10 Å². The first-order valence-corrected chi connectivity index (χ1v) is 5.17. The molecule has 2 N–H and O–H groups in total. The fourth-order valence-corrected chi connectivity index (χ4v) is 1.38. The van der Waals surface area contributed by atoms with E-state index in [9.17, 15) is 14.9 Å². The monoisotopic (exact) mass is 265 g/mol. The van der Waals surface area contributed by atoms with Crippen molar-refractivity contribution in [1.82, 2.24) is 0 Å². The van der Waals surface area contributed by atoms with Gasteiger partial charge in [-0.05, 0) is 12.1 Å². The maximum Gasteiger partial charge on any atom is 0.334 e. The predicted octanol–water partition coefficient (Wildman–Crippen LogP) is 0.978. The molecule has 1 rings (SSSR count). The first kappa shape index (κ1) is 14.4. The van der Waals surface area contributed by atoms with Crippen LogP contribution in [0.25, 0.3) is 0 Å². The Morgan fingerprint density at radius 2 is 2.37 bits per heavy atom. The maximum absolute atomic E-state index is 10.8. The second kappa shape index (κ2) is 6.32. The van der Waals surface area contributed by atoms with Crippen LogP contribution in [0.3, 0.4) is 0 Å². The van der Waals surface area contributed by atoms with Gasteiger partial charge in [0.25, 0.3) is 5.69 Å². The third-order valence-electron chi connectivity index (χ3n) is 2.36. The average molecular weight is 265 g/mol. The zero-order valence-electron chi connectivity index (χ0n) is 9.99. The van der Waals surface area contributed by atoms with Crippen molar-refractivity contribution < 1.29 is 19.6 Å². The molecule has 1 aromatic rings. The highest BCUT2D eigenvalue weighted by atomic mass is 16.6. The highest BCUT2D eigenvalue weighted by Crippen LogP contribution is 2.25. The molecule has 0 aliphatic heterocycles. The molecule has 0 aliphatic rings. The molecule has 1 unspecified atom stereocenters. The minimum absolute atomic E-state index is 0.126. The molecule has 1 atom stereocenters. The van der Waals surface area contributed by atoms with Crippen molar-refractivity contribution in [2.24, 2.45) is 0 Å². The van der Waals surface area contributed by atoms with E-state index in [1.165, 1.54) is 19.2 Å². The van der Waals surface area contributed by atoms with Crippen molar-refractivity contribution in [2.75, 3.05) is 19.0 Å². The van der Waals surface area contributed by atoms with Crippen molar-refractivity contribution in [3.05, 3.63) is 33.9 Å². The Labute approximate surface area is 108 Å². The number of aliphatic carboxylic acids is 1. The molecule has 0 heterocycles. The van der Waals surface area contributed by atoms with Crippen molar-refractivity contribution in [3.8, 4) is 6.07 Å². The van der Waals surface area contributed by atoms with Gasteiger partial charge in [-0.2, -0.15) is 5.26 Å². The largest absolute Gasteiger partial charge is 0.479 e. The molecule has 0 amide bonds. The molecule has 1 aromatic carbocycles. The number of carboxylic acids is 1. The number of hydrogen-bond donors (Lipinski definition) is 2. The van der Waals surface area contributed by atoms with E-state index in [-0.39, 0.29) is 23.5 Å². The van der Waals surface area contributed by atoms with E-state index < -0.39 is 17.0 Å². The van der Waals surface area contributed by atoms with E-state index in [0.717, 1.165) is 6.07 Å². The zero-order valence-corrected chi connectivity index (χ0v) is 9.99. The lowest BCUT2D eigenvalue weighted by Crippen LogP contribution is -2.30. The average Bonchev–Trinajstić information content (AvgIpc) is 2.38. The molecular weight excluding hydrogens is 254 g/mol. The van der Waals surface area contributed by atoms with E-state index >= 15 is 0 Å². The molecule has 0 saturated carbocycles. The molecule has 100 valence electrons. The molecule has 0 aromatic heterocycles. The number of nitro groups is 1. The van der Waals surface area contributed by atoms with Gasteiger partial charge < -0.3 is 15.2 Å². The highest BCUT2D eigenvalue weighted by molar-refractivity contribution is 5.73. The predicted molar refractivity (Wildman–Crippen MR) is 64.7 cm³/mol. The fourth-order valence-electron chi connectivity index (χ4n) is 1.38. The number of rotatable bonds is 6. The lowest BCUT2D eigenvalue weighted by molar-refractivity contribution is -0.384. The quantitative estimate of drug-likeness (QED) is 0.579. The zero-order chi connectivity index (χ0) is 14.4. The number of benzene rings is 1. The number of nitrogens with one attached hydrogen (secondary N) is 1. The maximum atomic E-state index is 10.8. The van der Waals surface area contributed by atoms with Gasteiger partial charge in [0.05, 0.1) is 23.1 Å². The number of carboxylic acid groups (broad SMARTS) is 1. The standard InChI is InChI=1S/C11H11N3O5/c1-19-10(11(15)16)6-13-8-3-2-7(5-12)4-9(8)14(17)18/h2-4,10,13H,6H2,1H3,(H,15,16). The number of nitrogens with zero attached hydrogens (tertiary/aromatic N) is 2. The number of nitro benzene ring substituents is 1. The van der Waals surface area contributed by atoms with Gasteiger partial charge in [0, 0.05) is 13.2 Å². The molecule has 8 heteroatoms. The Bertz CT molecular complexity index is 538. The van der Waals surface area contributed by atoms with Gasteiger partial charge in [0.1, 0.15) is 5.69 Å². The van der Waals surface area contributed by atoms with E-state index in [1.807, 2.05) is 0 Å². The lowest BCUT2D eigenvalue weighted by atomic mass is 10.2. The Kier molecular flexibility index (Phi) is 4.79. The van der Waals surface area contributed by atoms with Crippen LogP contribution in [-0.4, -0.2) is 35.8 Å². The molecule has 0 radical (unpaired) electrons. The minimum atomic E-state index is -1.17. The smallest absolute Gasteiger partial charge is 0.334 e. The molecule has 0 aliphatic carbocycles. The van der Waals surface area contributed by atoms with E-state index in [4.69, 9.17) is 15.1 Å². The third-order valence-corrected chi connectivity index (χ3v) is 2.36. The lowest BCUT2D eigenvalue weighted by Gasteiger charge is -2.12. The normalized spacial score (nSPS) is 11.4. The molecule has 0 fully saturated rings. The van der Waals surface area contributed by atoms with Crippen LogP contribution in [0.15, 0.2) is 18.2 Å². The Balaban J connectivity index is 2.92. The summed E-state index contributed by atoms with van der Waals surface area (Å²) in [5.74, 6) is -1.17. The van der Waals surface area contributed by atoms with E-state index in [2.05, 4.69) is 5.32 Å². The summed E-state index contributed by atoms with van der Waals surface area (Å²) in [4.78, 5) is 20.9. The summed E-state index contributed by atoms with van der Waals surface area (Å²) in [6.07, 6.45) is -1.12. The van der Waals surface area contributed by atoms with Gasteiger partial charge >= 0.3 is 5.97 Å². The number of carbonyl (C=O) groups is 1. The Morgan fingerprint density at radius 3 is 2.84 bits per heavy atom. The summed E-state index contributed by atoms with van der Waals surface area (Å²) in [7, 11) is 1.23. The highest BCUT2D eigenvalue weighted by Gasteiger charge is 2.19. The van der Waals surface area contributed by atoms with Crippen LogP contribution >= 0.6 is 0 Å². The Hall–Kier alpha value is -2.66. The van der Waals surface area contributed by atoms with Crippen molar-refractivity contribution in [3.63, 3.8) is 0 Å². The van der Waals surface area contributed by atoms with E-state index in [1.54, 1.807) is 6.07 Å².